The van der Waals surface area contributed by atoms with Gasteiger partial charge in [-0.1, -0.05) is 35.6 Å². The van der Waals surface area contributed by atoms with Gasteiger partial charge in [0.1, 0.15) is 5.75 Å². The molecule has 5 heteroatoms. The van der Waals surface area contributed by atoms with E-state index < -0.39 is 0 Å². The summed E-state index contributed by atoms with van der Waals surface area (Å²) in [6.07, 6.45) is 1.88. The molecule has 0 radical (unpaired) electrons. The lowest BCUT2D eigenvalue weighted by molar-refractivity contribution is 0.415. The van der Waals surface area contributed by atoms with Crippen LogP contribution in [0.1, 0.15) is 5.56 Å². The number of nitrogens with zero attached hydrogens (tertiary/aromatic N) is 2. The third-order valence-corrected chi connectivity index (χ3v) is 4.53. The average molecular weight is 308 g/mol. The van der Waals surface area contributed by atoms with Gasteiger partial charge in [-0.05, 0) is 35.9 Å². The molecule has 108 valence electrons. The van der Waals surface area contributed by atoms with E-state index in [-0.39, 0.29) is 5.56 Å². The molecular weight excluding hydrogens is 296 g/mol. The van der Waals surface area contributed by atoms with E-state index in [9.17, 15) is 4.79 Å². The second kappa shape index (κ2) is 4.96. The standard InChI is InChI=1S/C17H12N2O2S/c1-21-12-8-6-11(7-9-12)10-15-16(20)19-14-5-3-2-4-13(14)18-17(19)22-15/h2-10H,1H3/b15-10+. The van der Waals surface area contributed by atoms with E-state index in [4.69, 9.17) is 4.74 Å². The van der Waals surface area contributed by atoms with Crippen molar-refractivity contribution in [2.75, 3.05) is 7.11 Å². The molecule has 0 atom stereocenters. The van der Waals surface area contributed by atoms with E-state index in [2.05, 4.69) is 4.98 Å². The van der Waals surface area contributed by atoms with Crippen LogP contribution in [0, 0.1) is 0 Å². The minimum atomic E-state index is -0.0236. The van der Waals surface area contributed by atoms with E-state index in [0.29, 0.717) is 4.53 Å². The largest absolute Gasteiger partial charge is 0.497 e. The van der Waals surface area contributed by atoms with Crippen LogP contribution in [0.15, 0.2) is 53.3 Å². The number of benzene rings is 2. The first-order valence-corrected chi connectivity index (χ1v) is 7.64. The van der Waals surface area contributed by atoms with Crippen molar-refractivity contribution in [1.29, 1.82) is 0 Å². The molecule has 4 rings (SSSR count). The van der Waals surface area contributed by atoms with Gasteiger partial charge in [-0.15, -0.1) is 0 Å². The quantitative estimate of drug-likeness (QED) is 0.571. The lowest BCUT2D eigenvalue weighted by Crippen LogP contribution is -2.22. The number of hydrogen-bond donors (Lipinski definition) is 0. The molecule has 4 aromatic rings. The van der Waals surface area contributed by atoms with Crippen LogP contribution in [-0.2, 0) is 0 Å². The number of rotatable bonds is 2. The number of para-hydroxylation sites is 2. The van der Waals surface area contributed by atoms with Gasteiger partial charge in [0, 0.05) is 0 Å². The Bertz CT molecular complexity index is 1080. The Kier molecular flexibility index (Phi) is 2.94. The van der Waals surface area contributed by atoms with E-state index in [0.717, 1.165) is 27.3 Å². The molecule has 22 heavy (non-hydrogen) atoms. The molecule has 2 aromatic heterocycles. The number of ether oxygens (including phenoxy) is 1. The third kappa shape index (κ3) is 1.98. The van der Waals surface area contributed by atoms with Gasteiger partial charge in [0.05, 0.1) is 22.7 Å². The summed E-state index contributed by atoms with van der Waals surface area (Å²) in [4.78, 5) is 17.8. The van der Waals surface area contributed by atoms with Crippen molar-refractivity contribution in [2.45, 2.75) is 0 Å². The van der Waals surface area contributed by atoms with Crippen molar-refractivity contribution in [2.24, 2.45) is 0 Å². The van der Waals surface area contributed by atoms with Crippen molar-refractivity contribution in [3.63, 3.8) is 0 Å². The Hall–Kier alpha value is -2.66. The third-order valence-electron chi connectivity index (χ3n) is 3.56. The number of aromatic nitrogens is 2. The first kappa shape index (κ1) is 13.0. The molecule has 0 N–H and O–H groups in total. The summed E-state index contributed by atoms with van der Waals surface area (Å²) >= 11 is 1.41. The molecule has 0 saturated heterocycles. The van der Waals surface area contributed by atoms with Crippen molar-refractivity contribution < 1.29 is 4.74 Å². The highest BCUT2D eigenvalue weighted by Crippen LogP contribution is 2.16. The monoisotopic (exact) mass is 308 g/mol. The van der Waals surface area contributed by atoms with Crippen LogP contribution >= 0.6 is 11.3 Å². The first-order valence-electron chi connectivity index (χ1n) is 6.82. The van der Waals surface area contributed by atoms with Gasteiger partial charge in [-0.25, -0.2) is 9.38 Å². The van der Waals surface area contributed by atoms with Crippen LogP contribution in [0.4, 0.5) is 0 Å². The number of imidazole rings is 1. The molecule has 4 nitrogen and oxygen atoms in total. The highest BCUT2D eigenvalue weighted by atomic mass is 32.1. The van der Waals surface area contributed by atoms with Gasteiger partial charge in [0.2, 0.25) is 0 Å². The summed E-state index contributed by atoms with van der Waals surface area (Å²) < 4.78 is 7.49. The topological polar surface area (TPSA) is 43.6 Å². The Labute approximate surface area is 129 Å². The molecule has 0 aliphatic carbocycles. The Morgan fingerprint density at radius 2 is 1.91 bits per heavy atom. The molecule has 2 heterocycles. The SMILES string of the molecule is COc1ccc(/C=c2/sc3nc4ccccc4n3c2=O)cc1. The molecule has 0 aliphatic heterocycles. The lowest BCUT2D eigenvalue weighted by Gasteiger charge is -1.98. The van der Waals surface area contributed by atoms with E-state index >= 15 is 0 Å². The van der Waals surface area contributed by atoms with Crippen LogP contribution < -0.4 is 14.8 Å². The Morgan fingerprint density at radius 3 is 2.68 bits per heavy atom. The summed E-state index contributed by atoms with van der Waals surface area (Å²) in [5.41, 5.74) is 2.64. The summed E-state index contributed by atoms with van der Waals surface area (Å²) in [6.45, 7) is 0. The van der Waals surface area contributed by atoms with Crippen molar-refractivity contribution >= 4 is 33.4 Å². The maximum atomic E-state index is 12.6. The van der Waals surface area contributed by atoms with E-state index in [1.807, 2.05) is 54.6 Å². The zero-order chi connectivity index (χ0) is 15.1. The highest BCUT2D eigenvalue weighted by Gasteiger charge is 2.10. The summed E-state index contributed by atoms with van der Waals surface area (Å²) in [6, 6.07) is 15.3. The predicted molar refractivity (Wildman–Crippen MR) is 88.6 cm³/mol. The Balaban J connectivity index is 1.93. The zero-order valence-electron chi connectivity index (χ0n) is 11.8. The minimum absolute atomic E-state index is 0.0236. The van der Waals surface area contributed by atoms with Gasteiger partial charge >= 0.3 is 0 Å². The molecule has 0 fully saturated rings. The molecule has 0 unspecified atom stereocenters. The Morgan fingerprint density at radius 1 is 1.14 bits per heavy atom. The van der Waals surface area contributed by atoms with Crippen molar-refractivity contribution in [1.82, 2.24) is 9.38 Å². The van der Waals surface area contributed by atoms with E-state index in [1.165, 1.54) is 11.3 Å². The fraction of sp³-hybridized carbons (Fsp3) is 0.0588. The average Bonchev–Trinajstić information content (AvgIpc) is 3.05. The molecular formula is C17H12N2O2S. The molecule has 0 saturated carbocycles. The maximum Gasteiger partial charge on any atom is 0.274 e. The fourth-order valence-electron chi connectivity index (χ4n) is 2.46. The molecule has 0 amide bonds. The van der Waals surface area contributed by atoms with Crippen molar-refractivity contribution in [3.8, 4) is 5.75 Å². The maximum absolute atomic E-state index is 12.6. The van der Waals surface area contributed by atoms with Crippen LogP contribution in [-0.4, -0.2) is 16.5 Å². The van der Waals surface area contributed by atoms with Gasteiger partial charge < -0.3 is 4.74 Å². The number of fused-ring (bicyclic) bond motifs is 3. The molecule has 0 spiro atoms. The first-order chi connectivity index (χ1) is 10.8. The van der Waals surface area contributed by atoms with Gasteiger partial charge in [-0.2, -0.15) is 0 Å². The summed E-state index contributed by atoms with van der Waals surface area (Å²) in [7, 11) is 1.63. The molecule has 0 aliphatic rings. The molecule has 0 bridgehead atoms. The second-order valence-electron chi connectivity index (χ2n) is 4.91. The predicted octanol–water partition coefficient (Wildman–Crippen LogP) is 2.47. The fourth-order valence-corrected chi connectivity index (χ4v) is 3.45. The smallest absolute Gasteiger partial charge is 0.274 e. The van der Waals surface area contributed by atoms with Crippen molar-refractivity contribution in [3.05, 3.63) is 69.0 Å². The van der Waals surface area contributed by atoms with Gasteiger partial charge in [0.15, 0.2) is 4.96 Å². The highest BCUT2D eigenvalue weighted by molar-refractivity contribution is 7.15. The van der Waals surface area contributed by atoms with Crippen LogP contribution in [0.5, 0.6) is 5.75 Å². The lowest BCUT2D eigenvalue weighted by atomic mass is 10.2. The minimum Gasteiger partial charge on any atom is -0.497 e. The number of methoxy groups -OCH3 is 1. The normalized spacial score (nSPS) is 12.3. The summed E-state index contributed by atoms with van der Waals surface area (Å²) in [5, 5.41) is 0. The van der Waals surface area contributed by atoms with Crippen LogP contribution in [0.25, 0.3) is 22.1 Å². The molecule has 2 aromatic carbocycles. The van der Waals surface area contributed by atoms with E-state index in [1.54, 1.807) is 11.5 Å². The summed E-state index contributed by atoms with van der Waals surface area (Å²) in [5.74, 6) is 0.798. The number of hydrogen-bond acceptors (Lipinski definition) is 4. The van der Waals surface area contributed by atoms with Crippen LogP contribution in [0.2, 0.25) is 0 Å². The number of thiazole rings is 1. The van der Waals surface area contributed by atoms with Gasteiger partial charge in [0.25, 0.3) is 5.56 Å². The van der Waals surface area contributed by atoms with Gasteiger partial charge in [-0.3, -0.25) is 4.79 Å². The zero-order valence-corrected chi connectivity index (χ0v) is 12.6. The second-order valence-corrected chi connectivity index (χ2v) is 5.92. The van der Waals surface area contributed by atoms with Crippen LogP contribution in [0.3, 0.4) is 0 Å².